The molecule has 2 rings (SSSR count). The summed E-state index contributed by atoms with van der Waals surface area (Å²) in [4.78, 5) is 14.6. The van der Waals surface area contributed by atoms with Gasteiger partial charge < -0.3 is 14.8 Å². The second-order valence-corrected chi connectivity index (χ2v) is 3.95. The maximum absolute atomic E-state index is 10.7. The molecule has 2 heterocycles. The summed E-state index contributed by atoms with van der Waals surface area (Å²) >= 11 is 0. The van der Waals surface area contributed by atoms with Crippen LogP contribution in [0.2, 0.25) is 0 Å². The lowest BCUT2D eigenvalue weighted by Gasteiger charge is -2.12. The van der Waals surface area contributed by atoms with E-state index in [2.05, 4.69) is 10.3 Å². The zero-order valence-electron chi connectivity index (χ0n) is 9.96. The van der Waals surface area contributed by atoms with Crippen LogP contribution in [0.25, 0.3) is 0 Å². The summed E-state index contributed by atoms with van der Waals surface area (Å²) in [6.07, 6.45) is 3.48. The van der Waals surface area contributed by atoms with Crippen molar-refractivity contribution in [1.82, 2.24) is 10.3 Å². The molecule has 18 heavy (non-hydrogen) atoms. The van der Waals surface area contributed by atoms with Crippen molar-refractivity contribution >= 4 is 5.97 Å². The van der Waals surface area contributed by atoms with Gasteiger partial charge in [-0.15, -0.1) is 0 Å². The Bertz CT molecular complexity index is 522. The molecular weight excluding hydrogens is 232 g/mol. The highest BCUT2D eigenvalue weighted by atomic mass is 16.4. The number of hydrogen-bond donors (Lipinski definition) is 2. The Labute approximate surface area is 104 Å². The summed E-state index contributed by atoms with van der Waals surface area (Å²) in [6, 6.07) is 7.13. The van der Waals surface area contributed by atoms with Crippen molar-refractivity contribution < 1.29 is 14.3 Å². The number of aromatic nitrogens is 1. The molecule has 5 heteroatoms. The summed E-state index contributed by atoms with van der Waals surface area (Å²) in [7, 11) is 0. The highest BCUT2D eigenvalue weighted by Crippen LogP contribution is 2.13. The molecule has 0 aromatic carbocycles. The second-order valence-electron chi connectivity index (χ2n) is 3.95. The number of nitrogens with zero attached hydrogens (tertiary/aromatic N) is 1. The molecule has 0 bridgehead atoms. The van der Waals surface area contributed by atoms with Crippen LogP contribution in [-0.2, 0) is 6.54 Å². The monoisotopic (exact) mass is 246 g/mol. The van der Waals surface area contributed by atoms with E-state index in [4.69, 9.17) is 9.52 Å². The third-order valence-electron chi connectivity index (χ3n) is 2.66. The van der Waals surface area contributed by atoms with E-state index in [9.17, 15) is 4.79 Å². The molecule has 0 aliphatic carbocycles. The molecule has 5 nitrogen and oxygen atoms in total. The van der Waals surface area contributed by atoms with Gasteiger partial charge in [0.25, 0.3) is 0 Å². The SMILES string of the molecule is C[C@H](NCc1ccc(C(=O)O)o1)c1ccncc1. The fourth-order valence-corrected chi connectivity index (χ4v) is 1.61. The molecule has 1 atom stereocenters. The van der Waals surface area contributed by atoms with Crippen LogP contribution in [0, 0.1) is 0 Å². The first-order chi connectivity index (χ1) is 8.66. The second kappa shape index (κ2) is 5.46. The smallest absolute Gasteiger partial charge is 0.371 e. The van der Waals surface area contributed by atoms with Gasteiger partial charge in [0.15, 0.2) is 0 Å². The average molecular weight is 246 g/mol. The zero-order chi connectivity index (χ0) is 13.0. The van der Waals surface area contributed by atoms with Gasteiger partial charge in [-0.2, -0.15) is 0 Å². The molecular formula is C13H14N2O3. The summed E-state index contributed by atoms with van der Waals surface area (Å²) < 4.78 is 5.16. The fourth-order valence-electron chi connectivity index (χ4n) is 1.61. The number of pyridine rings is 1. The Balaban J connectivity index is 1.93. The van der Waals surface area contributed by atoms with Gasteiger partial charge in [0.1, 0.15) is 5.76 Å². The first kappa shape index (κ1) is 12.3. The molecule has 0 amide bonds. The Morgan fingerprint density at radius 2 is 2.11 bits per heavy atom. The van der Waals surface area contributed by atoms with Gasteiger partial charge in [0, 0.05) is 18.4 Å². The normalized spacial score (nSPS) is 12.3. The van der Waals surface area contributed by atoms with E-state index in [0.29, 0.717) is 12.3 Å². The highest BCUT2D eigenvalue weighted by Gasteiger charge is 2.10. The van der Waals surface area contributed by atoms with Crippen molar-refractivity contribution in [1.29, 1.82) is 0 Å². The minimum Gasteiger partial charge on any atom is -0.475 e. The third-order valence-corrected chi connectivity index (χ3v) is 2.66. The van der Waals surface area contributed by atoms with Gasteiger partial charge in [0.05, 0.1) is 6.54 Å². The van der Waals surface area contributed by atoms with E-state index < -0.39 is 5.97 Å². The maximum atomic E-state index is 10.7. The molecule has 0 radical (unpaired) electrons. The molecule has 0 aliphatic rings. The molecule has 0 saturated heterocycles. The van der Waals surface area contributed by atoms with Crippen LogP contribution in [0.4, 0.5) is 0 Å². The summed E-state index contributed by atoms with van der Waals surface area (Å²) in [5, 5.41) is 12.0. The van der Waals surface area contributed by atoms with Gasteiger partial charge in [0.2, 0.25) is 5.76 Å². The molecule has 0 fully saturated rings. The predicted molar refractivity (Wildman–Crippen MR) is 65.2 cm³/mol. The van der Waals surface area contributed by atoms with Crippen LogP contribution in [0.3, 0.4) is 0 Å². The summed E-state index contributed by atoms with van der Waals surface area (Å²) in [5.74, 6) is -0.486. The van der Waals surface area contributed by atoms with Crippen LogP contribution in [0.15, 0.2) is 41.1 Å². The Kier molecular flexibility index (Phi) is 3.74. The van der Waals surface area contributed by atoms with Gasteiger partial charge in [-0.25, -0.2) is 4.79 Å². The topological polar surface area (TPSA) is 75.4 Å². The van der Waals surface area contributed by atoms with Crippen molar-refractivity contribution in [2.24, 2.45) is 0 Å². The van der Waals surface area contributed by atoms with E-state index in [-0.39, 0.29) is 11.8 Å². The average Bonchev–Trinajstić information content (AvgIpc) is 2.86. The number of aromatic carboxylic acids is 1. The lowest BCUT2D eigenvalue weighted by atomic mass is 10.1. The van der Waals surface area contributed by atoms with Gasteiger partial charge >= 0.3 is 5.97 Å². The minimum absolute atomic E-state index is 0.0386. The predicted octanol–water partition coefficient (Wildman–Crippen LogP) is 2.22. The zero-order valence-corrected chi connectivity index (χ0v) is 9.96. The molecule has 94 valence electrons. The summed E-state index contributed by atoms with van der Waals surface area (Å²) in [5.41, 5.74) is 1.12. The number of furan rings is 1. The Morgan fingerprint density at radius 1 is 1.39 bits per heavy atom. The third kappa shape index (κ3) is 2.95. The minimum atomic E-state index is -1.05. The number of rotatable bonds is 5. The molecule has 0 aliphatic heterocycles. The molecule has 2 N–H and O–H groups in total. The van der Waals surface area contributed by atoms with Crippen LogP contribution in [0.1, 0.15) is 34.8 Å². The van der Waals surface area contributed by atoms with Crippen molar-refractivity contribution in [2.45, 2.75) is 19.5 Å². The van der Waals surface area contributed by atoms with E-state index >= 15 is 0 Å². The Hall–Kier alpha value is -2.14. The van der Waals surface area contributed by atoms with Gasteiger partial charge in [-0.1, -0.05) is 0 Å². The first-order valence-corrected chi connectivity index (χ1v) is 5.62. The maximum Gasteiger partial charge on any atom is 0.371 e. The number of carbonyl (C=O) groups is 1. The summed E-state index contributed by atoms with van der Waals surface area (Å²) in [6.45, 7) is 2.51. The van der Waals surface area contributed by atoms with E-state index in [0.717, 1.165) is 5.56 Å². The van der Waals surface area contributed by atoms with Crippen molar-refractivity contribution in [3.63, 3.8) is 0 Å². The van der Waals surface area contributed by atoms with Crippen molar-refractivity contribution in [3.8, 4) is 0 Å². The number of hydrogen-bond acceptors (Lipinski definition) is 4. The first-order valence-electron chi connectivity index (χ1n) is 5.62. The number of nitrogens with one attached hydrogen (secondary N) is 1. The largest absolute Gasteiger partial charge is 0.475 e. The van der Waals surface area contributed by atoms with Gasteiger partial charge in [-0.05, 0) is 36.8 Å². The van der Waals surface area contributed by atoms with E-state index in [1.54, 1.807) is 18.5 Å². The highest BCUT2D eigenvalue weighted by molar-refractivity contribution is 5.84. The van der Waals surface area contributed by atoms with Crippen LogP contribution >= 0.6 is 0 Å². The van der Waals surface area contributed by atoms with Crippen LogP contribution < -0.4 is 5.32 Å². The fraction of sp³-hybridized carbons (Fsp3) is 0.231. The molecule has 0 saturated carbocycles. The standard InChI is InChI=1S/C13H14N2O3/c1-9(10-4-6-14-7-5-10)15-8-11-2-3-12(18-11)13(16)17/h2-7,9,15H,8H2,1H3,(H,16,17)/t9-/m0/s1. The lowest BCUT2D eigenvalue weighted by molar-refractivity contribution is 0.0660. The van der Waals surface area contributed by atoms with E-state index in [1.807, 2.05) is 19.1 Å². The number of carboxylic acid groups (broad SMARTS) is 1. The molecule has 0 unspecified atom stereocenters. The van der Waals surface area contributed by atoms with E-state index in [1.165, 1.54) is 6.07 Å². The Morgan fingerprint density at radius 3 is 2.72 bits per heavy atom. The quantitative estimate of drug-likeness (QED) is 0.846. The molecule has 2 aromatic heterocycles. The van der Waals surface area contributed by atoms with Crippen LogP contribution in [-0.4, -0.2) is 16.1 Å². The number of carboxylic acids is 1. The van der Waals surface area contributed by atoms with Gasteiger partial charge in [-0.3, -0.25) is 4.98 Å². The van der Waals surface area contributed by atoms with Crippen molar-refractivity contribution in [2.75, 3.05) is 0 Å². The molecule has 0 spiro atoms. The lowest BCUT2D eigenvalue weighted by Crippen LogP contribution is -2.17. The van der Waals surface area contributed by atoms with Crippen molar-refractivity contribution in [3.05, 3.63) is 53.7 Å². The van der Waals surface area contributed by atoms with Crippen LogP contribution in [0.5, 0.6) is 0 Å². The molecule has 2 aromatic rings.